The minimum absolute atomic E-state index is 0.340. The zero-order valence-electron chi connectivity index (χ0n) is 14.5. The van der Waals surface area contributed by atoms with Gasteiger partial charge in [0.15, 0.2) is 0 Å². The average molecular weight is 345 g/mol. The maximum atomic E-state index is 13.1. The highest BCUT2D eigenvalue weighted by atomic mass is 19.1. The van der Waals surface area contributed by atoms with Crippen LogP contribution in [-0.4, -0.2) is 17.6 Å². The molecule has 1 unspecified atom stereocenters. The minimum Gasteiger partial charge on any atom is -0.481 e. The number of hydrogen-bond acceptors (Lipinski definition) is 3. The summed E-state index contributed by atoms with van der Waals surface area (Å²) in [5.41, 5.74) is 1.03. The standard InChI is InChI=1S/C20H24FNO3/c1-14(2)10-16(20(23)24)13-22-12-15-6-8-18(9-7-15)25-19-5-3-4-17(21)11-19/h3-9,11,14,16,22H,10,12-13H2,1-2H3,(H,23,24). The number of ether oxygens (including phenoxy) is 1. The molecule has 0 saturated heterocycles. The van der Waals surface area contributed by atoms with E-state index >= 15 is 0 Å². The summed E-state index contributed by atoms with van der Waals surface area (Å²) < 4.78 is 18.7. The van der Waals surface area contributed by atoms with E-state index in [9.17, 15) is 14.3 Å². The van der Waals surface area contributed by atoms with Gasteiger partial charge in [-0.05, 0) is 42.2 Å². The molecule has 0 aliphatic rings. The highest BCUT2D eigenvalue weighted by Crippen LogP contribution is 2.22. The molecule has 2 rings (SSSR count). The molecule has 4 nitrogen and oxygen atoms in total. The van der Waals surface area contributed by atoms with Gasteiger partial charge in [-0.15, -0.1) is 0 Å². The fraction of sp³-hybridized carbons (Fsp3) is 0.350. The number of halogens is 1. The van der Waals surface area contributed by atoms with E-state index in [2.05, 4.69) is 5.32 Å². The van der Waals surface area contributed by atoms with Crippen molar-refractivity contribution in [2.45, 2.75) is 26.8 Å². The van der Waals surface area contributed by atoms with Crippen LogP contribution in [0.4, 0.5) is 4.39 Å². The molecule has 0 bridgehead atoms. The average Bonchev–Trinajstić information content (AvgIpc) is 2.55. The predicted octanol–water partition coefficient (Wildman–Crippen LogP) is 4.45. The lowest BCUT2D eigenvalue weighted by molar-refractivity contribution is -0.142. The van der Waals surface area contributed by atoms with Crippen molar-refractivity contribution in [1.29, 1.82) is 0 Å². The molecule has 2 aromatic carbocycles. The summed E-state index contributed by atoms with van der Waals surface area (Å²) in [7, 11) is 0. The number of carbonyl (C=O) groups is 1. The number of rotatable bonds is 9. The van der Waals surface area contributed by atoms with Crippen LogP contribution in [0.5, 0.6) is 11.5 Å². The summed E-state index contributed by atoms with van der Waals surface area (Å²) >= 11 is 0. The number of nitrogens with one attached hydrogen (secondary N) is 1. The smallest absolute Gasteiger partial charge is 0.307 e. The van der Waals surface area contributed by atoms with E-state index in [4.69, 9.17) is 4.74 Å². The second kappa shape index (κ2) is 9.18. The molecule has 0 saturated carbocycles. The number of benzene rings is 2. The van der Waals surface area contributed by atoms with E-state index in [1.54, 1.807) is 12.1 Å². The Kier molecular flexibility index (Phi) is 6.95. The van der Waals surface area contributed by atoms with Gasteiger partial charge in [-0.3, -0.25) is 4.79 Å². The molecule has 0 radical (unpaired) electrons. The number of hydrogen-bond donors (Lipinski definition) is 2. The molecular formula is C20H24FNO3. The van der Waals surface area contributed by atoms with Crippen LogP contribution in [0.1, 0.15) is 25.8 Å². The van der Waals surface area contributed by atoms with Crippen LogP contribution in [0.15, 0.2) is 48.5 Å². The molecule has 0 heterocycles. The lowest BCUT2D eigenvalue weighted by Gasteiger charge is -2.15. The first kappa shape index (κ1) is 18.9. The first-order valence-corrected chi connectivity index (χ1v) is 8.40. The van der Waals surface area contributed by atoms with Gasteiger partial charge in [-0.25, -0.2) is 4.39 Å². The van der Waals surface area contributed by atoms with Gasteiger partial charge >= 0.3 is 5.97 Å². The number of carboxylic acid groups (broad SMARTS) is 1. The van der Waals surface area contributed by atoms with Gasteiger partial charge in [0.2, 0.25) is 0 Å². The van der Waals surface area contributed by atoms with Crippen LogP contribution in [0, 0.1) is 17.7 Å². The summed E-state index contributed by atoms with van der Waals surface area (Å²) in [6.07, 6.45) is 0.656. The van der Waals surface area contributed by atoms with Gasteiger partial charge < -0.3 is 15.2 Å². The van der Waals surface area contributed by atoms with Crippen LogP contribution < -0.4 is 10.1 Å². The molecule has 0 aromatic heterocycles. The lowest BCUT2D eigenvalue weighted by Crippen LogP contribution is -2.29. The van der Waals surface area contributed by atoms with Crippen LogP contribution >= 0.6 is 0 Å². The third kappa shape index (κ3) is 6.55. The number of aliphatic carboxylic acids is 1. The fourth-order valence-corrected chi connectivity index (χ4v) is 2.57. The molecular weight excluding hydrogens is 321 g/mol. The Bertz CT molecular complexity index is 686. The Hall–Kier alpha value is -2.40. The van der Waals surface area contributed by atoms with Gasteiger partial charge in [0.25, 0.3) is 0 Å². The lowest BCUT2D eigenvalue weighted by atomic mass is 9.97. The first-order valence-electron chi connectivity index (χ1n) is 8.40. The highest BCUT2D eigenvalue weighted by molar-refractivity contribution is 5.70. The van der Waals surface area contributed by atoms with Gasteiger partial charge in [-0.1, -0.05) is 32.0 Å². The molecule has 0 fully saturated rings. The molecule has 25 heavy (non-hydrogen) atoms. The van der Waals surface area contributed by atoms with Crippen molar-refractivity contribution in [2.75, 3.05) is 6.54 Å². The van der Waals surface area contributed by atoms with Gasteiger partial charge in [0.1, 0.15) is 17.3 Å². The Balaban J connectivity index is 1.84. The Morgan fingerprint density at radius 2 is 1.88 bits per heavy atom. The van der Waals surface area contributed by atoms with E-state index in [-0.39, 0.29) is 11.7 Å². The summed E-state index contributed by atoms with van der Waals surface area (Å²) in [6, 6.07) is 13.4. The molecule has 1 atom stereocenters. The minimum atomic E-state index is -0.764. The second-order valence-corrected chi connectivity index (χ2v) is 6.50. The van der Waals surface area contributed by atoms with Gasteiger partial charge in [0.05, 0.1) is 5.92 Å². The Morgan fingerprint density at radius 1 is 1.16 bits per heavy atom. The van der Waals surface area contributed by atoms with Crippen molar-refractivity contribution in [2.24, 2.45) is 11.8 Å². The van der Waals surface area contributed by atoms with Crippen molar-refractivity contribution < 1.29 is 19.0 Å². The largest absolute Gasteiger partial charge is 0.481 e. The van der Waals surface area contributed by atoms with E-state index in [1.165, 1.54) is 12.1 Å². The molecule has 5 heteroatoms. The normalized spacial score (nSPS) is 12.2. The van der Waals surface area contributed by atoms with E-state index in [1.807, 2.05) is 38.1 Å². The topological polar surface area (TPSA) is 58.6 Å². The quantitative estimate of drug-likeness (QED) is 0.705. The SMILES string of the molecule is CC(C)CC(CNCc1ccc(Oc2cccc(F)c2)cc1)C(=O)O. The van der Waals surface area contributed by atoms with E-state index in [0.29, 0.717) is 36.9 Å². The molecule has 2 N–H and O–H groups in total. The van der Waals surface area contributed by atoms with Crippen LogP contribution in [-0.2, 0) is 11.3 Å². The zero-order valence-corrected chi connectivity index (χ0v) is 14.5. The second-order valence-electron chi connectivity index (χ2n) is 6.50. The molecule has 0 aliphatic heterocycles. The van der Waals surface area contributed by atoms with Crippen molar-refractivity contribution in [3.63, 3.8) is 0 Å². The monoisotopic (exact) mass is 345 g/mol. The van der Waals surface area contributed by atoms with Crippen LogP contribution in [0.25, 0.3) is 0 Å². The van der Waals surface area contributed by atoms with Crippen molar-refractivity contribution in [1.82, 2.24) is 5.32 Å². The first-order chi connectivity index (χ1) is 11.9. The number of carboxylic acids is 1. The van der Waals surface area contributed by atoms with Crippen molar-refractivity contribution in [3.05, 3.63) is 59.9 Å². The summed E-state index contributed by atoms with van der Waals surface area (Å²) in [5, 5.41) is 12.4. The maximum absolute atomic E-state index is 13.1. The molecule has 0 spiro atoms. The molecule has 134 valence electrons. The summed E-state index contributed by atoms with van der Waals surface area (Å²) in [4.78, 5) is 11.2. The molecule has 0 amide bonds. The van der Waals surface area contributed by atoms with Crippen molar-refractivity contribution in [3.8, 4) is 11.5 Å². The van der Waals surface area contributed by atoms with Crippen molar-refractivity contribution >= 4 is 5.97 Å². The summed E-state index contributed by atoms with van der Waals surface area (Å²) in [5.74, 6) is -0.0630. The third-order valence-corrected chi connectivity index (χ3v) is 3.78. The summed E-state index contributed by atoms with van der Waals surface area (Å²) in [6.45, 7) is 5.07. The predicted molar refractivity (Wildman–Crippen MR) is 95.2 cm³/mol. The fourth-order valence-electron chi connectivity index (χ4n) is 2.57. The molecule has 2 aromatic rings. The van der Waals surface area contributed by atoms with Crippen LogP contribution in [0.2, 0.25) is 0 Å². The van der Waals surface area contributed by atoms with Gasteiger partial charge in [-0.2, -0.15) is 0 Å². The Labute approximate surface area is 147 Å². The Morgan fingerprint density at radius 3 is 2.48 bits per heavy atom. The maximum Gasteiger partial charge on any atom is 0.307 e. The van der Waals surface area contributed by atoms with E-state index < -0.39 is 5.97 Å². The highest BCUT2D eigenvalue weighted by Gasteiger charge is 2.18. The third-order valence-electron chi connectivity index (χ3n) is 3.78. The zero-order chi connectivity index (χ0) is 18.2. The van der Waals surface area contributed by atoms with Crippen LogP contribution in [0.3, 0.4) is 0 Å². The van der Waals surface area contributed by atoms with Gasteiger partial charge in [0, 0.05) is 19.2 Å². The van der Waals surface area contributed by atoms with E-state index in [0.717, 1.165) is 5.56 Å². The molecule has 0 aliphatic carbocycles.